The van der Waals surface area contributed by atoms with Gasteiger partial charge < -0.3 is 9.90 Å². The molecule has 0 unspecified atom stereocenters. The van der Waals surface area contributed by atoms with Crippen molar-refractivity contribution < 1.29 is 14.7 Å². The molecule has 0 aromatic rings. The Bertz CT molecular complexity index is 476. The van der Waals surface area contributed by atoms with Crippen molar-refractivity contribution in [1.29, 1.82) is 0 Å². The number of aliphatic hydroxyl groups excluding tert-OH is 1. The zero-order valence-electron chi connectivity index (χ0n) is 11.2. The zero-order chi connectivity index (χ0) is 13.3. The highest BCUT2D eigenvalue weighted by molar-refractivity contribution is 5.90. The number of rotatable bonds is 2. The highest BCUT2D eigenvalue weighted by Crippen LogP contribution is 2.74. The standard InChI is InChI=1S/C15H20O3/c1-13(2)4-9-10(5-13)12(18)14(3)7-15(14,8-17)11(9)6-16/h6,8,10,12,18H,4-5,7H2,1-3H3/t10-,12+,14+,15+/m1/s1. The van der Waals surface area contributed by atoms with Crippen molar-refractivity contribution in [2.24, 2.45) is 22.2 Å². The van der Waals surface area contributed by atoms with Crippen molar-refractivity contribution in [2.45, 2.75) is 46.1 Å². The van der Waals surface area contributed by atoms with Crippen LogP contribution in [0, 0.1) is 22.2 Å². The third-order valence-corrected chi connectivity index (χ3v) is 5.61. The summed E-state index contributed by atoms with van der Waals surface area (Å²) < 4.78 is 0. The lowest BCUT2D eigenvalue weighted by atomic mass is 9.71. The van der Waals surface area contributed by atoms with Crippen LogP contribution in [0.5, 0.6) is 0 Å². The van der Waals surface area contributed by atoms with Crippen LogP contribution in [0.15, 0.2) is 11.1 Å². The van der Waals surface area contributed by atoms with Gasteiger partial charge in [0.1, 0.15) is 12.6 Å². The Labute approximate surface area is 107 Å². The summed E-state index contributed by atoms with van der Waals surface area (Å²) >= 11 is 0. The van der Waals surface area contributed by atoms with Crippen molar-refractivity contribution in [3.63, 3.8) is 0 Å². The van der Waals surface area contributed by atoms with Crippen LogP contribution in [0.2, 0.25) is 0 Å². The van der Waals surface area contributed by atoms with Gasteiger partial charge in [0.15, 0.2) is 0 Å². The third kappa shape index (κ3) is 1.14. The van der Waals surface area contributed by atoms with E-state index in [0.29, 0.717) is 12.0 Å². The lowest BCUT2D eigenvalue weighted by Crippen LogP contribution is -2.39. The molecule has 3 aliphatic carbocycles. The third-order valence-electron chi connectivity index (χ3n) is 5.61. The molecule has 98 valence electrons. The Kier molecular flexibility index (Phi) is 2.10. The van der Waals surface area contributed by atoms with Crippen molar-refractivity contribution in [2.75, 3.05) is 0 Å². The Hall–Kier alpha value is -0.960. The molecule has 0 aliphatic heterocycles. The fourth-order valence-corrected chi connectivity index (χ4v) is 4.49. The Morgan fingerprint density at radius 2 is 1.94 bits per heavy atom. The summed E-state index contributed by atoms with van der Waals surface area (Å²) in [6, 6.07) is 0. The van der Waals surface area contributed by atoms with E-state index in [-0.39, 0.29) is 11.3 Å². The van der Waals surface area contributed by atoms with E-state index in [2.05, 4.69) is 13.8 Å². The predicted octanol–water partition coefficient (Wildman–Crippen LogP) is 1.89. The highest BCUT2D eigenvalue weighted by atomic mass is 16.3. The monoisotopic (exact) mass is 248 g/mol. The first-order chi connectivity index (χ1) is 8.31. The number of hydrogen-bond acceptors (Lipinski definition) is 3. The molecule has 1 N–H and O–H groups in total. The van der Waals surface area contributed by atoms with Crippen LogP contribution in [-0.4, -0.2) is 23.8 Å². The van der Waals surface area contributed by atoms with Crippen molar-refractivity contribution in [1.82, 2.24) is 0 Å². The summed E-state index contributed by atoms with van der Waals surface area (Å²) in [6.45, 7) is 6.27. The second-order valence-electron chi connectivity index (χ2n) is 7.34. The lowest BCUT2D eigenvalue weighted by molar-refractivity contribution is -0.116. The van der Waals surface area contributed by atoms with Crippen LogP contribution in [0.25, 0.3) is 0 Å². The van der Waals surface area contributed by atoms with E-state index >= 15 is 0 Å². The van der Waals surface area contributed by atoms with Gasteiger partial charge >= 0.3 is 0 Å². The zero-order valence-corrected chi connectivity index (χ0v) is 11.2. The number of fused-ring (bicyclic) bond motifs is 2. The fourth-order valence-electron chi connectivity index (χ4n) is 4.49. The second kappa shape index (κ2) is 3.13. The van der Waals surface area contributed by atoms with Crippen LogP contribution in [-0.2, 0) is 9.59 Å². The highest BCUT2D eigenvalue weighted by Gasteiger charge is 2.74. The smallest absolute Gasteiger partial charge is 0.147 e. The second-order valence-corrected chi connectivity index (χ2v) is 7.34. The molecule has 3 aliphatic rings. The molecule has 3 heteroatoms. The van der Waals surface area contributed by atoms with Gasteiger partial charge in [-0.25, -0.2) is 0 Å². The van der Waals surface area contributed by atoms with E-state index < -0.39 is 16.9 Å². The quantitative estimate of drug-likeness (QED) is 0.759. The predicted molar refractivity (Wildman–Crippen MR) is 66.8 cm³/mol. The molecule has 0 amide bonds. The first kappa shape index (κ1) is 12.1. The Morgan fingerprint density at radius 3 is 2.50 bits per heavy atom. The van der Waals surface area contributed by atoms with Crippen LogP contribution in [0.1, 0.15) is 40.0 Å². The summed E-state index contributed by atoms with van der Waals surface area (Å²) in [6.07, 6.45) is 3.64. The average molecular weight is 248 g/mol. The normalized spacial score (nSPS) is 48.4. The molecule has 0 aromatic heterocycles. The summed E-state index contributed by atoms with van der Waals surface area (Å²) in [5.41, 5.74) is 0.734. The van der Waals surface area contributed by atoms with Crippen molar-refractivity contribution in [3.05, 3.63) is 11.1 Å². The summed E-state index contributed by atoms with van der Waals surface area (Å²) in [5, 5.41) is 10.6. The minimum Gasteiger partial charge on any atom is -0.392 e. The molecule has 4 atom stereocenters. The first-order valence-corrected chi connectivity index (χ1v) is 6.64. The van der Waals surface area contributed by atoms with Gasteiger partial charge in [0, 0.05) is 16.9 Å². The molecule has 2 saturated carbocycles. The number of allylic oxidation sites excluding steroid dienone is 1. The van der Waals surface area contributed by atoms with Gasteiger partial charge in [-0.3, -0.25) is 4.79 Å². The summed E-state index contributed by atoms with van der Waals surface area (Å²) in [4.78, 5) is 23.0. The molecule has 2 fully saturated rings. The maximum atomic E-state index is 11.5. The van der Waals surface area contributed by atoms with Crippen LogP contribution in [0.3, 0.4) is 0 Å². The van der Waals surface area contributed by atoms with Gasteiger partial charge in [0.25, 0.3) is 0 Å². The molecular formula is C15H20O3. The number of aliphatic hydroxyl groups is 1. The van der Waals surface area contributed by atoms with Gasteiger partial charge in [0.05, 0.1) is 11.5 Å². The average Bonchev–Trinajstić information content (AvgIpc) is 2.80. The van der Waals surface area contributed by atoms with E-state index in [9.17, 15) is 14.7 Å². The minimum atomic E-state index is -0.694. The van der Waals surface area contributed by atoms with Crippen LogP contribution >= 0.6 is 0 Å². The minimum absolute atomic E-state index is 0.0702. The molecule has 3 nitrogen and oxygen atoms in total. The van der Waals surface area contributed by atoms with Crippen LogP contribution in [0.4, 0.5) is 0 Å². The SMILES string of the molecule is CC1(C)CC2=C(C=O)[C@@]3(C=O)C[C@@]3(C)[C@@H](O)[C@@H]2C1. The van der Waals surface area contributed by atoms with Gasteiger partial charge in [-0.15, -0.1) is 0 Å². The topological polar surface area (TPSA) is 54.4 Å². The molecule has 0 heterocycles. The van der Waals surface area contributed by atoms with Gasteiger partial charge in [-0.1, -0.05) is 26.3 Å². The van der Waals surface area contributed by atoms with Crippen molar-refractivity contribution in [3.8, 4) is 0 Å². The molecule has 3 rings (SSSR count). The van der Waals surface area contributed by atoms with Gasteiger partial charge in [-0.05, 0) is 24.7 Å². The van der Waals surface area contributed by atoms with Gasteiger partial charge in [-0.2, -0.15) is 0 Å². The largest absolute Gasteiger partial charge is 0.392 e. The molecule has 18 heavy (non-hydrogen) atoms. The van der Waals surface area contributed by atoms with E-state index in [1.807, 2.05) is 6.92 Å². The van der Waals surface area contributed by atoms with E-state index in [4.69, 9.17) is 0 Å². The summed E-state index contributed by atoms with van der Waals surface area (Å²) in [7, 11) is 0. The van der Waals surface area contributed by atoms with Gasteiger partial charge in [0.2, 0.25) is 0 Å². The fraction of sp³-hybridized carbons (Fsp3) is 0.733. The number of aldehydes is 2. The maximum absolute atomic E-state index is 11.5. The Balaban J connectivity index is 2.18. The molecule has 0 bridgehead atoms. The number of carbonyl (C=O) groups excluding carboxylic acids is 2. The van der Waals surface area contributed by atoms with E-state index in [0.717, 1.165) is 31.0 Å². The summed E-state index contributed by atoms with van der Waals surface area (Å²) in [5.74, 6) is 0.0702. The molecular weight excluding hydrogens is 228 g/mol. The molecule has 0 spiro atoms. The maximum Gasteiger partial charge on any atom is 0.147 e. The Morgan fingerprint density at radius 1 is 1.28 bits per heavy atom. The molecule has 0 aromatic carbocycles. The van der Waals surface area contributed by atoms with E-state index in [1.54, 1.807) is 0 Å². The molecule has 0 radical (unpaired) electrons. The van der Waals surface area contributed by atoms with Crippen LogP contribution < -0.4 is 0 Å². The van der Waals surface area contributed by atoms with E-state index in [1.165, 1.54) is 0 Å². The molecule has 0 saturated heterocycles. The number of hydrogen-bond donors (Lipinski definition) is 1. The first-order valence-electron chi connectivity index (χ1n) is 6.64. The lowest BCUT2D eigenvalue weighted by Gasteiger charge is -2.35. The van der Waals surface area contributed by atoms with Crippen molar-refractivity contribution >= 4 is 12.6 Å². The number of carbonyl (C=O) groups is 2.